The Morgan fingerprint density at radius 2 is 2.10 bits per heavy atom. The molecule has 0 saturated heterocycles. The number of methoxy groups -OCH3 is 1. The van der Waals surface area contributed by atoms with Crippen molar-refractivity contribution in [3.05, 3.63) is 66.5 Å². The number of hydrogen-bond donors (Lipinski definition) is 1. The Kier molecular flexibility index (Phi) is 6.66. The molecule has 0 bridgehead atoms. The largest absolute Gasteiger partial charge is 0.496 e. The smallest absolute Gasteiger partial charge is 0.234 e. The number of carbonyl (C=O) groups excluding carboxylic acids is 1. The number of thioether (sulfide) groups is 1. The second kappa shape index (κ2) is 9.38. The maximum atomic E-state index is 13.9. The molecule has 1 amide bonds. The van der Waals surface area contributed by atoms with Gasteiger partial charge in [0.1, 0.15) is 11.6 Å². The van der Waals surface area contributed by atoms with Crippen LogP contribution in [0.4, 0.5) is 10.1 Å². The monoisotopic (exact) mass is 412 g/mol. The predicted molar refractivity (Wildman–Crippen MR) is 113 cm³/mol. The lowest BCUT2D eigenvalue weighted by atomic mass is 10.2. The first kappa shape index (κ1) is 20.6. The van der Waals surface area contributed by atoms with E-state index in [4.69, 9.17) is 4.74 Å². The van der Waals surface area contributed by atoms with Gasteiger partial charge >= 0.3 is 0 Å². The van der Waals surface area contributed by atoms with Crippen LogP contribution in [0, 0.1) is 12.7 Å². The van der Waals surface area contributed by atoms with E-state index in [9.17, 15) is 9.18 Å². The average Bonchev–Trinajstić information content (AvgIpc) is 3.11. The SMILES string of the molecule is C=CCn1c(SCC(=O)Nc2ccc(C)cc2F)nnc1-c1ccccc1OC. The number of nitrogens with one attached hydrogen (secondary N) is 1. The van der Waals surface area contributed by atoms with Crippen molar-refractivity contribution in [1.29, 1.82) is 0 Å². The van der Waals surface area contributed by atoms with Gasteiger partial charge in [-0.3, -0.25) is 9.36 Å². The van der Waals surface area contributed by atoms with Crippen molar-refractivity contribution in [3.63, 3.8) is 0 Å². The molecule has 0 saturated carbocycles. The number of rotatable bonds is 8. The molecule has 0 aliphatic carbocycles. The lowest BCUT2D eigenvalue weighted by Gasteiger charge is -2.11. The lowest BCUT2D eigenvalue weighted by molar-refractivity contribution is -0.113. The number of halogens is 1. The molecule has 1 N–H and O–H groups in total. The molecule has 3 rings (SSSR count). The van der Waals surface area contributed by atoms with E-state index in [1.165, 1.54) is 17.8 Å². The molecule has 0 unspecified atom stereocenters. The molecule has 0 fully saturated rings. The number of amides is 1. The molecule has 0 spiro atoms. The van der Waals surface area contributed by atoms with Gasteiger partial charge in [-0.2, -0.15) is 0 Å². The molecular formula is C21H21FN4O2S. The van der Waals surface area contributed by atoms with Crippen molar-refractivity contribution in [2.24, 2.45) is 0 Å². The molecule has 3 aromatic rings. The minimum atomic E-state index is -0.461. The maximum Gasteiger partial charge on any atom is 0.234 e. The Hall–Kier alpha value is -3.13. The van der Waals surface area contributed by atoms with E-state index in [-0.39, 0.29) is 17.3 Å². The van der Waals surface area contributed by atoms with Crippen molar-refractivity contribution in [3.8, 4) is 17.1 Å². The van der Waals surface area contributed by atoms with Crippen LogP contribution in [0.3, 0.4) is 0 Å². The fourth-order valence-corrected chi connectivity index (χ4v) is 3.50. The van der Waals surface area contributed by atoms with E-state index >= 15 is 0 Å². The van der Waals surface area contributed by atoms with Gasteiger partial charge in [-0.1, -0.05) is 36.0 Å². The Morgan fingerprint density at radius 3 is 2.83 bits per heavy atom. The van der Waals surface area contributed by atoms with Crippen LogP contribution in [0.25, 0.3) is 11.4 Å². The number of carbonyl (C=O) groups is 1. The standard InChI is InChI=1S/C21H21FN4O2S/c1-4-11-26-20(15-7-5-6-8-18(15)28-3)24-25-21(26)29-13-19(27)23-17-10-9-14(2)12-16(17)22/h4-10,12H,1,11,13H2,2-3H3,(H,23,27). The third-order valence-electron chi connectivity index (χ3n) is 4.11. The molecule has 29 heavy (non-hydrogen) atoms. The Labute approximate surface area is 172 Å². The van der Waals surface area contributed by atoms with Crippen LogP contribution in [0.15, 0.2) is 60.3 Å². The van der Waals surface area contributed by atoms with Crippen molar-refractivity contribution < 1.29 is 13.9 Å². The van der Waals surface area contributed by atoms with Crippen LogP contribution < -0.4 is 10.1 Å². The van der Waals surface area contributed by atoms with Gasteiger partial charge in [0.2, 0.25) is 5.91 Å². The summed E-state index contributed by atoms with van der Waals surface area (Å²) in [6.45, 7) is 6.04. The summed E-state index contributed by atoms with van der Waals surface area (Å²) in [5.74, 6) is 0.569. The molecule has 150 valence electrons. The van der Waals surface area contributed by atoms with E-state index in [2.05, 4.69) is 22.1 Å². The van der Waals surface area contributed by atoms with Crippen molar-refractivity contribution in [2.45, 2.75) is 18.6 Å². The van der Waals surface area contributed by atoms with Gasteiger partial charge in [-0.05, 0) is 36.8 Å². The topological polar surface area (TPSA) is 69.0 Å². The van der Waals surface area contributed by atoms with E-state index in [0.29, 0.717) is 23.3 Å². The fourth-order valence-electron chi connectivity index (χ4n) is 2.76. The summed E-state index contributed by atoms with van der Waals surface area (Å²) in [4.78, 5) is 12.3. The van der Waals surface area contributed by atoms with Gasteiger partial charge in [-0.25, -0.2) is 4.39 Å². The highest BCUT2D eigenvalue weighted by atomic mass is 32.2. The quantitative estimate of drug-likeness (QED) is 0.441. The number of hydrogen-bond acceptors (Lipinski definition) is 5. The summed E-state index contributed by atoms with van der Waals surface area (Å²) in [6, 6.07) is 12.2. The molecule has 1 heterocycles. The van der Waals surface area contributed by atoms with Gasteiger partial charge in [0.05, 0.1) is 24.1 Å². The summed E-state index contributed by atoms with van der Waals surface area (Å²) in [7, 11) is 1.59. The van der Waals surface area contributed by atoms with Crippen LogP contribution >= 0.6 is 11.8 Å². The summed E-state index contributed by atoms with van der Waals surface area (Å²) in [5, 5.41) is 11.6. The molecule has 6 nitrogen and oxygen atoms in total. The number of aromatic nitrogens is 3. The first-order valence-electron chi connectivity index (χ1n) is 8.89. The van der Waals surface area contributed by atoms with Crippen molar-refractivity contribution in [1.82, 2.24) is 14.8 Å². The number of ether oxygens (including phenoxy) is 1. The second-order valence-electron chi connectivity index (χ2n) is 6.23. The van der Waals surface area contributed by atoms with Gasteiger partial charge in [0.15, 0.2) is 11.0 Å². The van der Waals surface area contributed by atoms with E-state index < -0.39 is 5.82 Å². The van der Waals surface area contributed by atoms with Gasteiger partial charge in [0, 0.05) is 6.54 Å². The van der Waals surface area contributed by atoms with Crippen LogP contribution in [0.5, 0.6) is 5.75 Å². The number of para-hydroxylation sites is 1. The predicted octanol–water partition coefficient (Wildman–Crippen LogP) is 4.32. The van der Waals surface area contributed by atoms with E-state index in [0.717, 1.165) is 11.1 Å². The van der Waals surface area contributed by atoms with Crippen molar-refractivity contribution in [2.75, 3.05) is 18.2 Å². The van der Waals surface area contributed by atoms with Gasteiger partial charge in [-0.15, -0.1) is 16.8 Å². The van der Waals surface area contributed by atoms with Crippen LogP contribution in [0.2, 0.25) is 0 Å². The summed E-state index contributed by atoms with van der Waals surface area (Å²) < 4.78 is 21.2. The maximum absolute atomic E-state index is 13.9. The Bertz CT molecular complexity index is 1040. The highest BCUT2D eigenvalue weighted by Crippen LogP contribution is 2.31. The number of nitrogens with zero attached hydrogens (tertiary/aromatic N) is 3. The number of allylic oxidation sites excluding steroid dienone is 1. The molecule has 0 aliphatic heterocycles. The second-order valence-corrected chi connectivity index (χ2v) is 7.17. The van der Waals surface area contributed by atoms with Gasteiger partial charge in [0.25, 0.3) is 0 Å². The zero-order chi connectivity index (χ0) is 20.8. The molecule has 1 aromatic heterocycles. The molecule has 2 aromatic carbocycles. The van der Waals surface area contributed by atoms with Crippen molar-refractivity contribution >= 4 is 23.4 Å². The molecule has 0 aliphatic rings. The zero-order valence-corrected chi connectivity index (χ0v) is 17.0. The highest BCUT2D eigenvalue weighted by molar-refractivity contribution is 7.99. The Balaban J connectivity index is 1.76. The zero-order valence-electron chi connectivity index (χ0n) is 16.2. The molecular weight excluding hydrogens is 391 g/mol. The highest BCUT2D eigenvalue weighted by Gasteiger charge is 2.18. The summed E-state index contributed by atoms with van der Waals surface area (Å²) in [6.07, 6.45) is 1.73. The average molecular weight is 412 g/mol. The normalized spacial score (nSPS) is 10.6. The third kappa shape index (κ3) is 4.83. The first-order valence-corrected chi connectivity index (χ1v) is 9.88. The van der Waals surface area contributed by atoms with Crippen LogP contribution in [0.1, 0.15) is 5.56 Å². The number of benzene rings is 2. The fraction of sp³-hybridized carbons (Fsp3) is 0.190. The lowest BCUT2D eigenvalue weighted by Crippen LogP contribution is -2.15. The number of aryl methyl sites for hydroxylation is 1. The number of anilines is 1. The summed E-state index contributed by atoms with van der Waals surface area (Å²) in [5.41, 5.74) is 1.74. The van der Waals surface area contributed by atoms with Crippen LogP contribution in [-0.4, -0.2) is 33.5 Å². The molecule has 0 atom stereocenters. The Morgan fingerprint density at radius 1 is 1.31 bits per heavy atom. The minimum Gasteiger partial charge on any atom is -0.496 e. The van der Waals surface area contributed by atoms with E-state index in [1.807, 2.05) is 28.8 Å². The molecule has 8 heteroatoms. The summed E-state index contributed by atoms with van der Waals surface area (Å²) >= 11 is 1.22. The van der Waals surface area contributed by atoms with Crippen LogP contribution in [-0.2, 0) is 11.3 Å². The molecule has 0 radical (unpaired) electrons. The minimum absolute atomic E-state index is 0.0640. The van der Waals surface area contributed by atoms with Gasteiger partial charge < -0.3 is 10.1 Å². The third-order valence-corrected chi connectivity index (χ3v) is 5.07. The first-order chi connectivity index (χ1) is 14.0. The van der Waals surface area contributed by atoms with E-state index in [1.54, 1.807) is 32.2 Å².